The van der Waals surface area contributed by atoms with E-state index < -0.39 is 0 Å². The zero-order valence-electron chi connectivity index (χ0n) is 22.9. The van der Waals surface area contributed by atoms with Crippen LogP contribution in [-0.2, 0) is 6.42 Å². The lowest BCUT2D eigenvalue weighted by molar-refractivity contribution is 0.0876. The minimum atomic E-state index is -0.153. The van der Waals surface area contributed by atoms with Crippen molar-refractivity contribution < 1.29 is 9.59 Å². The third-order valence-corrected chi connectivity index (χ3v) is 8.68. The van der Waals surface area contributed by atoms with Gasteiger partial charge in [0.25, 0.3) is 5.91 Å². The number of hydrogen-bond donors (Lipinski definition) is 1. The van der Waals surface area contributed by atoms with Crippen LogP contribution in [0.5, 0.6) is 0 Å². The highest BCUT2D eigenvalue weighted by atomic mass is 16.1. The molecule has 4 nitrogen and oxygen atoms in total. The SMILES string of the molecule is O=C(Nc1ccccc1-c1ccccc1)c1ccc2c(c1)CCC(CCN1CCC(c3ccccc3)CC1)C2=O. The van der Waals surface area contributed by atoms with Gasteiger partial charge < -0.3 is 10.2 Å². The highest BCUT2D eigenvalue weighted by Crippen LogP contribution is 2.32. The first-order chi connectivity index (χ1) is 19.7. The zero-order valence-corrected chi connectivity index (χ0v) is 22.9. The molecule has 1 atom stereocenters. The Kier molecular flexibility index (Phi) is 7.87. The van der Waals surface area contributed by atoms with Gasteiger partial charge in [0.2, 0.25) is 0 Å². The highest BCUT2D eigenvalue weighted by Gasteiger charge is 2.29. The molecule has 1 aliphatic heterocycles. The van der Waals surface area contributed by atoms with Gasteiger partial charge in [-0.2, -0.15) is 0 Å². The number of carbonyl (C=O) groups excluding carboxylic acids is 2. The molecule has 2 aliphatic rings. The molecule has 0 bridgehead atoms. The number of hydrogen-bond acceptors (Lipinski definition) is 3. The molecule has 4 heteroatoms. The summed E-state index contributed by atoms with van der Waals surface area (Å²) in [6.07, 6.45) is 4.98. The summed E-state index contributed by atoms with van der Waals surface area (Å²) in [4.78, 5) is 29.1. The first kappa shape index (κ1) is 26.2. The maximum atomic E-state index is 13.4. The molecule has 0 radical (unpaired) electrons. The minimum Gasteiger partial charge on any atom is -0.321 e. The molecule has 1 fully saturated rings. The van der Waals surface area contributed by atoms with E-state index in [2.05, 4.69) is 40.5 Å². The number of benzene rings is 4. The van der Waals surface area contributed by atoms with E-state index in [4.69, 9.17) is 0 Å². The van der Waals surface area contributed by atoms with Crippen LogP contribution in [0.25, 0.3) is 11.1 Å². The molecule has 6 rings (SSSR count). The maximum Gasteiger partial charge on any atom is 0.255 e. The Bertz CT molecular complexity index is 1470. The van der Waals surface area contributed by atoms with Gasteiger partial charge in [0, 0.05) is 28.3 Å². The lowest BCUT2D eigenvalue weighted by Gasteiger charge is -2.33. The van der Waals surface area contributed by atoms with Crippen LogP contribution in [0.2, 0.25) is 0 Å². The van der Waals surface area contributed by atoms with Crippen LogP contribution in [0.3, 0.4) is 0 Å². The number of anilines is 1. The number of Topliss-reactive ketones (excluding diaryl/α,β-unsaturated/α-hetero) is 1. The monoisotopic (exact) mass is 528 g/mol. The first-order valence-electron chi connectivity index (χ1n) is 14.6. The number of likely N-dealkylation sites (tertiary alicyclic amines) is 1. The fraction of sp³-hybridized carbons (Fsp3) is 0.278. The fourth-order valence-corrected chi connectivity index (χ4v) is 6.35. The van der Waals surface area contributed by atoms with Crippen LogP contribution >= 0.6 is 0 Å². The highest BCUT2D eigenvalue weighted by molar-refractivity contribution is 6.07. The molecule has 1 N–H and O–H groups in total. The van der Waals surface area contributed by atoms with Crippen molar-refractivity contribution in [3.63, 3.8) is 0 Å². The van der Waals surface area contributed by atoms with Gasteiger partial charge in [-0.1, -0.05) is 84.9 Å². The number of ketones is 1. The molecular formula is C36H36N2O2. The smallest absolute Gasteiger partial charge is 0.255 e. The standard InChI is InChI=1S/C36H36N2O2/c39-35-29(21-24-38-22-19-27(20-23-38)26-9-3-1-4-10-26)15-16-30-25-31(17-18-33(30)35)36(40)37-34-14-8-7-13-32(34)28-11-5-2-6-12-28/h1-14,17-18,25,27,29H,15-16,19-24H2,(H,37,40). The number of amides is 1. The van der Waals surface area contributed by atoms with E-state index in [-0.39, 0.29) is 17.6 Å². The van der Waals surface area contributed by atoms with Gasteiger partial charge in [-0.25, -0.2) is 0 Å². The molecule has 1 saturated heterocycles. The molecule has 1 heterocycles. The predicted octanol–water partition coefficient (Wildman–Crippen LogP) is 7.62. The number of piperidine rings is 1. The maximum absolute atomic E-state index is 13.4. The summed E-state index contributed by atoms with van der Waals surface area (Å²) < 4.78 is 0. The molecule has 1 unspecified atom stereocenters. The summed E-state index contributed by atoms with van der Waals surface area (Å²) >= 11 is 0. The Hall–Kier alpha value is -4.02. The van der Waals surface area contributed by atoms with Crippen molar-refractivity contribution in [2.45, 2.75) is 38.0 Å². The summed E-state index contributed by atoms with van der Waals surface area (Å²) in [6.45, 7) is 3.18. The van der Waals surface area contributed by atoms with Gasteiger partial charge in [0.15, 0.2) is 5.78 Å². The number of carbonyl (C=O) groups is 2. The van der Waals surface area contributed by atoms with Crippen molar-refractivity contribution >= 4 is 17.4 Å². The summed E-state index contributed by atoms with van der Waals surface area (Å²) in [7, 11) is 0. The second-order valence-corrected chi connectivity index (χ2v) is 11.2. The lowest BCUT2D eigenvalue weighted by Crippen LogP contribution is -2.35. The van der Waals surface area contributed by atoms with Crippen molar-refractivity contribution in [2.75, 3.05) is 25.0 Å². The summed E-state index contributed by atoms with van der Waals surface area (Å²) in [5.74, 6) is 0.803. The second kappa shape index (κ2) is 12.0. The number of nitrogens with one attached hydrogen (secondary N) is 1. The Balaban J connectivity index is 1.06. The van der Waals surface area contributed by atoms with E-state index in [0.29, 0.717) is 11.5 Å². The molecule has 202 valence electrons. The fourth-order valence-electron chi connectivity index (χ4n) is 6.35. The largest absolute Gasteiger partial charge is 0.321 e. The number of rotatable bonds is 7. The zero-order chi connectivity index (χ0) is 27.3. The van der Waals surface area contributed by atoms with Crippen molar-refractivity contribution in [1.29, 1.82) is 0 Å². The third kappa shape index (κ3) is 5.78. The van der Waals surface area contributed by atoms with Crippen LogP contribution in [-0.4, -0.2) is 36.2 Å². The molecule has 0 saturated carbocycles. The molecule has 4 aromatic rings. The average molecular weight is 529 g/mol. The topological polar surface area (TPSA) is 49.4 Å². The molecular weight excluding hydrogens is 492 g/mol. The average Bonchev–Trinajstić information content (AvgIpc) is 3.02. The van der Waals surface area contributed by atoms with Gasteiger partial charge in [0.05, 0.1) is 0 Å². The number of aryl methyl sites for hydroxylation is 1. The molecule has 0 spiro atoms. The number of fused-ring (bicyclic) bond motifs is 1. The van der Waals surface area contributed by atoms with Crippen molar-refractivity contribution in [1.82, 2.24) is 4.90 Å². The Morgan fingerprint density at radius 2 is 1.48 bits per heavy atom. The second-order valence-electron chi connectivity index (χ2n) is 11.2. The van der Waals surface area contributed by atoms with Gasteiger partial charge in [-0.15, -0.1) is 0 Å². The van der Waals surface area contributed by atoms with Crippen LogP contribution in [0.4, 0.5) is 5.69 Å². The normalized spacial score (nSPS) is 17.8. The van der Waals surface area contributed by atoms with Crippen LogP contribution in [0, 0.1) is 5.92 Å². The van der Waals surface area contributed by atoms with Crippen LogP contribution in [0.1, 0.15) is 63.4 Å². The lowest BCUT2D eigenvalue weighted by atomic mass is 9.80. The van der Waals surface area contributed by atoms with Crippen molar-refractivity contribution in [3.05, 3.63) is 125 Å². The molecule has 40 heavy (non-hydrogen) atoms. The van der Waals surface area contributed by atoms with Gasteiger partial charge in [-0.05, 0) is 92.5 Å². The predicted molar refractivity (Wildman–Crippen MR) is 162 cm³/mol. The van der Waals surface area contributed by atoms with Crippen molar-refractivity contribution in [2.24, 2.45) is 5.92 Å². The minimum absolute atomic E-state index is 0.0665. The third-order valence-electron chi connectivity index (χ3n) is 8.68. The summed E-state index contributed by atoms with van der Waals surface area (Å²) in [5.41, 5.74) is 6.65. The van der Waals surface area contributed by atoms with E-state index in [1.807, 2.05) is 66.7 Å². The summed E-state index contributed by atoms with van der Waals surface area (Å²) in [5, 5.41) is 3.09. The van der Waals surface area contributed by atoms with E-state index in [1.165, 1.54) is 18.4 Å². The Labute approximate surface area is 237 Å². The van der Waals surface area contributed by atoms with Gasteiger partial charge >= 0.3 is 0 Å². The van der Waals surface area contributed by atoms with Gasteiger partial charge in [-0.3, -0.25) is 9.59 Å². The quantitative estimate of drug-likeness (QED) is 0.268. The molecule has 0 aromatic heterocycles. The van der Waals surface area contributed by atoms with Crippen molar-refractivity contribution in [3.8, 4) is 11.1 Å². The van der Waals surface area contributed by atoms with E-state index >= 15 is 0 Å². The van der Waals surface area contributed by atoms with Crippen LogP contribution < -0.4 is 5.32 Å². The number of nitrogens with zero attached hydrogens (tertiary/aromatic N) is 1. The molecule has 1 amide bonds. The molecule has 4 aromatic carbocycles. The molecule has 1 aliphatic carbocycles. The van der Waals surface area contributed by atoms with E-state index in [0.717, 1.165) is 66.8 Å². The summed E-state index contributed by atoms with van der Waals surface area (Å²) in [6, 6.07) is 34.3. The Morgan fingerprint density at radius 3 is 2.25 bits per heavy atom. The Morgan fingerprint density at radius 1 is 0.775 bits per heavy atom. The van der Waals surface area contributed by atoms with E-state index in [9.17, 15) is 9.59 Å². The van der Waals surface area contributed by atoms with Crippen LogP contribution in [0.15, 0.2) is 103 Å². The number of para-hydroxylation sites is 1. The van der Waals surface area contributed by atoms with Gasteiger partial charge in [0.1, 0.15) is 0 Å². The first-order valence-corrected chi connectivity index (χ1v) is 14.6. The van der Waals surface area contributed by atoms with E-state index in [1.54, 1.807) is 6.07 Å².